The van der Waals surface area contributed by atoms with Crippen molar-refractivity contribution in [1.29, 1.82) is 0 Å². The summed E-state index contributed by atoms with van der Waals surface area (Å²) in [6, 6.07) is 9.60. The fourth-order valence-corrected chi connectivity index (χ4v) is 2.52. The van der Waals surface area contributed by atoms with Gasteiger partial charge < -0.3 is 10.3 Å². The summed E-state index contributed by atoms with van der Waals surface area (Å²) in [7, 11) is 0. The summed E-state index contributed by atoms with van der Waals surface area (Å²) in [5, 5.41) is 2.92. The van der Waals surface area contributed by atoms with Crippen LogP contribution >= 0.6 is 0 Å². The molecular weight excluding hydrogens is 240 g/mol. The molecular formula is C15H14N2O2. The molecule has 0 radical (unpaired) electrons. The first-order chi connectivity index (χ1) is 9.24. The summed E-state index contributed by atoms with van der Waals surface area (Å²) >= 11 is 0. The van der Waals surface area contributed by atoms with E-state index in [1.807, 2.05) is 12.1 Å². The lowest BCUT2D eigenvalue weighted by molar-refractivity contribution is 0.0937. The van der Waals surface area contributed by atoms with Gasteiger partial charge in [0.1, 0.15) is 5.56 Å². The molecule has 4 heteroatoms. The largest absolute Gasteiger partial charge is 0.367 e. The number of rotatable bonds is 2. The first kappa shape index (κ1) is 11.7. The smallest absolute Gasteiger partial charge is 0.256 e. The number of pyridine rings is 1. The molecule has 1 aliphatic rings. The molecule has 1 heterocycles. The van der Waals surface area contributed by atoms with Crippen molar-refractivity contribution in [2.75, 3.05) is 0 Å². The molecule has 19 heavy (non-hydrogen) atoms. The van der Waals surface area contributed by atoms with Gasteiger partial charge in [0.2, 0.25) is 0 Å². The van der Waals surface area contributed by atoms with Gasteiger partial charge in [0, 0.05) is 24.5 Å². The van der Waals surface area contributed by atoms with Crippen LogP contribution in [0.4, 0.5) is 0 Å². The molecule has 1 amide bonds. The average molecular weight is 254 g/mol. The standard InChI is InChI=1S/C15H14N2O2/c18-14-5-6-16-9-13(14)15(19)17-12-7-10-3-1-2-4-11(10)8-12/h1-6,9,12H,7-8H2,(H,16,18)(H,17,19). The van der Waals surface area contributed by atoms with E-state index in [0.717, 1.165) is 12.8 Å². The Morgan fingerprint density at radius 3 is 2.47 bits per heavy atom. The molecule has 4 nitrogen and oxygen atoms in total. The third-order valence-corrected chi connectivity index (χ3v) is 3.45. The summed E-state index contributed by atoms with van der Waals surface area (Å²) in [6.45, 7) is 0. The fraction of sp³-hybridized carbons (Fsp3) is 0.200. The van der Waals surface area contributed by atoms with Crippen molar-refractivity contribution in [3.63, 3.8) is 0 Å². The van der Waals surface area contributed by atoms with Crippen LogP contribution in [0.3, 0.4) is 0 Å². The number of aromatic amines is 1. The van der Waals surface area contributed by atoms with Crippen LogP contribution in [0.15, 0.2) is 47.5 Å². The van der Waals surface area contributed by atoms with Crippen molar-refractivity contribution in [1.82, 2.24) is 10.3 Å². The molecule has 0 bridgehead atoms. The second-order valence-electron chi connectivity index (χ2n) is 4.77. The predicted octanol–water partition coefficient (Wildman–Crippen LogP) is 1.27. The number of nitrogens with one attached hydrogen (secondary N) is 2. The Hall–Kier alpha value is -2.36. The maximum Gasteiger partial charge on any atom is 0.256 e. The van der Waals surface area contributed by atoms with E-state index < -0.39 is 0 Å². The van der Waals surface area contributed by atoms with Crippen molar-refractivity contribution in [3.8, 4) is 0 Å². The molecule has 2 N–H and O–H groups in total. The normalized spacial score (nSPS) is 14.1. The average Bonchev–Trinajstić information content (AvgIpc) is 2.81. The molecule has 2 aromatic rings. The Morgan fingerprint density at radius 1 is 1.16 bits per heavy atom. The minimum Gasteiger partial charge on any atom is -0.367 e. The number of hydrogen-bond acceptors (Lipinski definition) is 2. The Labute approximate surface area is 110 Å². The van der Waals surface area contributed by atoms with Crippen LogP contribution < -0.4 is 10.7 Å². The molecule has 1 aliphatic carbocycles. The van der Waals surface area contributed by atoms with E-state index in [1.54, 1.807) is 0 Å². The van der Waals surface area contributed by atoms with Gasteiger partial charge in [0.15, 0.2) is 5.43 Å². The van der Waals surface area contributed by atoms with Crippen molar-refractivity contribution in [2.24, 2.45) is 0 Å². The number of aromatic nitrogens is 1. The van der Waals surface area contributed by atoms with Gasteiger partial charge in [-0.1, -0.05) is 24.3 Å². The lowest BCUT2D eigenvalue weighted by Gasteiger charge is -2.11. The van der Waals surface area contributed by atoms with Crippen molar-refractivity contribution >= 4 is 5.91 Å². The first-order valence-corrected chi connectivity index (χ1v) is 6.29. The topological polar surface area (TPSA) is 62.0 Å². The Bertz CT molecular complexity index is 651. The Morgan fingerprint density at radius 2 is 1.84 bits per heavy atom. The van der Waals surface area contributed by atoms with E-state index >= 15 is 0 Å². The highest BCUT2D eigenvalue weighted by atomic mass is 16.2. The molecule has 0 saturated heterocycles. The molecule has 0 unspecified atom stereocenters. The van der Waals surface area contributed by atoms with Crippen molar-refractivity contribution < 1.29 is 4.79 Å². The number of fused-ring (bicyclic) bond motifs is 1. The SMILES string of the molecule is O=C(NC1Cc2ccccc2C1)c1c[nH]ccc1=O. The zero-order valence-electron chi connectivity index (χ0n) is 10.3. The lowest BCUT2D eigenvalue weighted by Crippen LogP contribution is -2.37. The van der Waals surface area contributed by atoms with Gasteiger partial charge in [0.05, 0.1) is 0 Å². The van der Waals surface area contributed by atoms with Crippen LogP contribution in [0.1, 0.15) is 21.5 Å². The fourth-order valence-electron chi connectivity index (χ4n) is 2.52. The van der Waals surface area contributed by atoms with Crippen LogP contribution in [0.25, 0.3) is 0 Å². The molecule has 0 aliphatic heterocycles. The number of carbonyl (C=O) groups is 1. The predicted molar refractivity (Wildman–Crippen MR) is 72.2 cm³/mol. The molecule has 0 saturated carbocycles. The third kappa shape index (κ3) is 2.29. The minimum atomic E-state index is -0.306. The number of benzene rings is 1. The molecule has 1 aromatic carbocycles. The summed E-state index contributed by atoms with van der Waals surface area (Å²) in [5.41, 5.74) is 2.45. The number of amides is 1. The monoisotopic (exact) mass is 254 g/mol. The molecule has 0 spiro atoms. The Kier molecular flexibility index (Phi) is 2.91. The van der Waals surface area contributed by atoms with E-state index in [0.29, 0.717) is 0 Å². The van der Waals surface area contributed by atoms with Gasteiger partial charge in [-0.15, -0.1) is 0 Å². The van der Waals surface area contributed by atoms with Crippen LogP contribution in [0, 0.1) is 0 Å². The molecule has 96 valence electrons. The van der Waals surface area contributed by atoms with E-state index in [4.69, 9.17) is 0 Å². The second kappa shape index (κ2) is 4.72. The zero-order valence-corrected chi connectivity index (χ0v) is 10.3. The number of H-pyrrole nitrogens is 1. The van der Waals surface area contributed by atoms with Gasteiger partial charge in [-0.2, -0.15) is 0 Å². The summed E-state index contributed by atoms with van der Waals surface area (Å²) in [4.78, 5) is 26.4. The quantitative estimate of drug-likeness (QED) is 0.847. The van der Waals surface area contributed by atoms with Gasteiger partial charge in [-0.05, 0) is 24.0 Å². The van der Waals surface area contributed by atoms with Crippen LogP contribution in [0.5, 0.6) is 0 Å². The zero-order chi connectivity index (χ0) is 13.2. The third-order valence-electron chi connectivity index (χ3n) is 3.45. The minimum absolute atomic E-state index is 0.0736. The highest BCUT2D eigenvalue weighted by Crippen LogP contribution is 2.21. The number of carbonyl (C=O) groups excluding carboxylic acids is 1. The maximum absolute atomic E-state index is 12.0. The van der Waals surface area contributed by atoms with Crippen molar-refractivity contribution in [3.05, 3.63) is 69.6 Å². The molecule has 0 fully saturated rings. The van der Waals surface area contributed by atoms with Crippen LogP contribution in [-0.4, -0.2) is 16.9 Å². The van der Waals surface area contributed by atoms with Crippen LogP contribution in [0.2, 0.25) is 0 Å². The Balaban J connectivity index is 1.73. The number of hydrogen-bond donors (Lipinski definition) is 2. The highest BCUT2D eigenvalue weighted by molar-refractivity contribution is 5.94. The lowest BCUT2D eigenvalue weighted by atomic mass is 10.1. The molecule has 3 rings (SSSR count). The molecule has 0 atom stereocenters. The van der Waals surface area contributed by atoms with Crippen molar-refractivity contribution in [2.45, 2.75) is 18.9 Å². The summed E-state index contributed by atoms with van der Waals surface area (Å²) in [5.74, 6) is -0.306. The summed E-state index contributed by atoms with van der Waals surface area (Å²) < 4.78 is 0. The first-order valence-electron chi connectivity index (χ1n) is 6.29. The van der Waals surface area contributed by atoms with Gasteiger partial charge in [-0.25, -0.2) is 0 Å². The maximum atomic E-state index is 12.0. The molecule has 1 aromatic heterocycles. The van der Waals surface area contributed by atoms with Gasteiger partial charge in [-0.3, -0.25) is 9.59 Å². The van der Waals surface area contributed by atoms with E-state index in [1.165, 1.54) is 29.6 Å². The van der Waals surface area contributed by atoms with Gasteiger partial charge in [0.25, 0.3) is 5.91 Å². The second-order valence-corrected chi connectivity index (χ2v) is 4.77. The van der Waals surface area contributed by atoms with E-state index in [2.05, 4.69) is 22.4 Å². The van der Waals surface area contributed by atoms with E-state index in [9.17, 15) is 9.59 Å². The summed E-state index contributed by atoms with van der Waals surface area (Å²) in [6.07, 6.45) is 4.61. The van der Waals surface area contributed by atoms with Crippen LogP contribution in [-0.2, 0) is 12.8 Å². The van der Waals surface area contributed by atoms with Gasteiger partial charge >= 0.3 is 0 Å². The van der Waals surface area contributed by atoms with E-state index in [-0.39, 0.29) is 22.9 Å². The highest BCUT2D eigenvalue weighted by Gasteiger charge is 2.23.